The zero-order valence-electron chi connectivity index (χ0n) is 14.9. The summed E-state index contributed by atoms with van der Waals surface area (Å²) in [7, 11) is 2.90. The molecule has 0 aromatic heterocycles. The van der Waals surface area contributed by atoms with Gasteiger partial charge in [0.2, 0.25) is 0 Å². The lowest BCUT2D eigenvalue weighted by Gasteiger charge is -2.11. The van der Waals surface area contributed by atoms with Crippen LogP contribution in [-0.2, 0) is 9.53 Å². The van der Waals surface area contributed by atoms with Gasteiger partial charge in [0.25, 0.3) is 11.8 Å². The van der Waals surface area contributed by atoms with Crippen LogP contribution in [0.1, 0.15) is 20.7 Å². The van der Waals surface area contributed by atoms with Crippen molar-refractivity contribution in [2.45, 2.75) is 0 Å². The largest absolute Gasteiger partial charge is 0.493 e. The Kier molecular flexibility index (Phi) is 7.48. The number of carbonyl (C=O) groups excluding carboxylic acids is 3. The molecule has 0 fully saturated rings. The fourth-order valence-corrected chi connectivity index (χ4v) is 2.44. The van der Waals surface area contributed by atoms with E-state index in [1.807, 2.05) is 0 Å². The van der Waals surface area contributed by atoms with Crippen molar-refractivity contribution < 1.29 is 28.6 Å². The lowest BCUT2D eigenvalue weighted by molar-refractivity contribution is -0.125. The maximum absolute atomic E-state index is 12.1. The first-order chi connectivity index (χ1) is 13.3. The zero-order valence-corrected chi connectivity index (χ0v) is 16.4. The molecule has 2 N–H and O–H groups in total. The van der Waals surface area contributed by atoms with Crippen molar-refractivity contribution in [3.63, 3.8) is 0 Å². The van der Waals surface area contributed by atoms with E-state index in [4.69, 9.17) is 37.4 Å². The molecule has 0 aliphatic rings. The Bertz CT molecular complexity index is 904. The lowest BCUT2D eigenvalue weighted by atomic mass is 10.2. The number of methoxy groups -OCH3 is 2. The fraction of sp³-hybridized carbons (Fsp3) is 0.167. The van der Waals surface area contributed by atoms with Crippen molar-refractivity contribution in [3.8, 4) is 11.5 Å². The number of ether oxygens (including phenoxy) is 3. The highest BCUT2D eigenvalue weighted by Gasteiger charge is 2.15. The Balaban J connectivity index is 1.87. The number of rotatable bonds is 6. The third kappa shape index (κ3) is 5.51. The van der Waals surface area contributed by atoms with E-state index in [0.717, 1.165) is 0 Å². The van der Waals surface area contributed by atoms with Crippen molar-refractivity contribution in [2.75, 3.05) is 20.8 Å². The number of carbonyl (C=O) groups is 3. The minimum absolute atomic E-state index is 0.0244. The summed E-state index contributed by atoms with van der Waals surface area (Å²) in [6.07, 6.45) is 0. The standard InChI is InChI=1S/C18H16Cl2N2O6/c1-26-14-6-3-10(7-15(14)27-2)17(24)22-21-16(23)9-28-18(25)12-8-11(19)4-5-13(12)20/h3-8H,9H2,1-2H3,(H,21,23)(H,22,24). The molecule has 2 aromatic carbocycles. The molecule has 0 spiro atoms. The van der Waals surface area contributed by atoms with Crippen LogP contribution >= 0.6 is 23.2 Å². The molecule has 8 nitrogen and oxygen atoms in total. The highest BCUT2D eigenvalue weighted by molar-refractivity contribution is 6.35. The van der Waals surface area contributed by atoms with Crippen molar-refractivity contribution in [1.82, 2.24) is 10.9 Å². The first-order valence-corrected chi connectivity index (χ1v) is 8.54. The van der Waals surface area contributed by atoms with Crippen molar-refractivity contribution in [1.29, 1.82) is 0 Å². The number of hydrazine groups is 1. The van der Waals surface area contributed by atoms with Crippen LogP contribution in [0.5, 0.6) is 11.5 Å². The Morgan fingerprint density at radius 1 is 0.929 bits per heavy atom. The van der Waals surface area contributed by atoms with E-state index < -0.39 is 24.4 Å². The van der Waals surface area contributed by atoms with Gasteiger partial charge in [0.1, 0.15) is 0 Å². The molecule has 2 aromatic rings. The summed E-state index contributed by atoms with van der Waals surface area (Å²) in [5.74, 6) is -1.36. The smallest absolute Gasteiger partial charge is 0.340 e. The second-order valence-corrected chi connectivity index (χ2v) is 6.12. The third-order valence-corrected chi connectivity index (χ3v) is 4.01. The van der Waals surface area contributed by atoms with E-state index in [1.54, 1.807) is 6.07 Å². The Hall–Kier alpha value is -2.97. The van der Waals surface area contributed by atoms with E-state index in [0.29, 0.717) is 16.5 Å². The summed E-state index contributed by atoms with van der Waals surface area (Å²) in [6.45, 7) is -0.631. The number of hydrogen-bond donors (Lipinski definition) is 2. The van der Waals surface area contributed by atoms with Crippen molar-refractivity contribution in [2.24, 2.45) is 0 Å². The summed E-state index contributed by atoms with van der Waals surface area (Å²) in [5.41, 5.74) is 4.58. The van der Waals surface area contributed by atoms with Gasteiger partial charge in [0.15, 0.2) is 18.1 Å². The molecule has 0 unspecified atom stereocenters. The van der Waals surface area contributed by atoms with Gasteiger partial charge in [-0.15, -0.1) is 0 Å². The minimum atomic E-state index is -0.825. The van der Waals surface area contributed by atoms with Crippen LogP contribution in [0.3, 0.4) is 0 Å². The fourth-order valence-electron chi connectivity index (χ4n) is 2.07. The molecule has 148 valence electrons. The Morgan fingerprint density at radius 2 is 1.64 bits per heavy atom. The van der Waals surface area contributed by atoms with Crippen LogP contribution in [0.2, 0.25) is 10.0 Å². The van der Waals surface area contributed by atoms with Gasteiger partial charge in [-0.05, 0) is 36.4 Å². The molecule has 2 rings (SSSR count). The molecule has 0 heterocycles. The van der Waals surface area contributed by atoms with Crippen LogP contribution in [0.25, 0.3) is 0 Å². The predicted molar refractivity (Wildman–Crippen MR) is 102 cm³/mol. The van der Waals surface area contributed by atoms with Gasteiger partial charge in [0.05, 0.1) is 24.8 Å². The summed E-state index contributed by atoms with van der Waals surface area (Å²) < 4.78 is 15.0. The molecular formula is C18H16Cl2N2O6. The van der Waals surface area contributed by atoms with E-state index in [1.165, 1.54) is 44.6 Å². The van der Waals surface area contributed by atoms with Gasteiger partial charge in [-0.25, -0.2) is 4.79 Å². The molecule has 0 atom stereocenters. The first kappa shape index (κ1) is 21.3. The quantitative estimate of drug-likeness (QED) is 0.543. The highest BCUT2D eigenvalue weighted by atomic mass is 35.5. The van der Waals surface area contributed by atoms with Gasteiger partial charge in [-0.2, -0.15) is 0 Å². The third-order valence-electron chi connectivity index (χ3n) is 3.44. The number of esters is 1. The van der Waals surface area contributed by atoms with E-state index >= 15 is 0 Å². The monoisotopic (exact) mass is 426 g/mol. The van der Waals surface area contributed by atoms with Crippen molar-refractivity contribution >= 4 is 41.0 Å². The molecular weight excluding hydrogens is 411 g/mol. The van der Waals surface area contributed by atoms with Crippen LogP contribution in [0.4, 0.5) is 0 Å². The SMILES string of the molecule is COc1ccc(C(=O)NNC(=O)COC(=O)c2cc(Cl)ccc2Cl)cc1OC. The van der Waals surface area contributed by atoms with Crippen LogP contribution in [0.15, 0.2) is 36.4 Å². The second kappa shape index (κ2) is 9.82. The lowest BCUT2D eigenvalue weighted by Crippen LogP contribution is -2.43. The van der Waals surface area contributed by atoms with Gasteiger partial charge in [-0.1, -0.05) is 23.2 Å². The number of halogens is 2. The number of amides is 2. The molecule has 0 aliphatic carbocycles. The first-order valence-electron chi connectivity index (χ1n) is 7.79. The van der Waals surface area contributed by atoms with Gasteiger partial charge in [0, 0.05) is 10.6 Å². The average molecular weight is 427 g/mol. The van der Waals surface area contributed by atoms with Gasteiger partial charge in [-0.3, -0.25) is 20.4 Å². The number of hydrogen-bond acceptors (Lipinski definition) is 6. The molecule has 28 heavy (non-hydrogen) atoms. The molecule has 2 amide bonds. The number of nitrogens with one attached hydrogen (secondary N) is 2. The van der Waals surface area contributed by atoms with Crippen molar-refractivity contribution in [3.05, 3.63) is 57.6 Å². The minimum Gasteiger partial charge on any atom is -0.493 e. The predicted octanol–water partition coefficient (Wildman–Crippen LogP) is 2.63. The maximum atomic E-state index is 12.1. The normalized spacial score (nSPS) is 10.0. The maximum Gasteiger partial charge on any atom is 0.340 e. The molecule has 0 saturated carbocycles. The molecule has 0 bridgehead atoms. The summed E-state index contributed by atoms with van der Waals surface area (Å²) >= 11 is 11.7. The Morgan fingerprint density at radius 3 is 2.32 bits per heavy atom. The van der Waals surface area contributed by atoms with E-state index in [9.17, 15) is 14.4 Å². The van der Waals surface area contributed by atoms with Gasteiger partial charge < -0.3 is 14.2 Å². The van der Waals surface area contributed by atoms with E-state index in [2.05, 4.69) is 10.9 Å². The average Bonchev–Trinajstić information content (AvgIpc) is 2.71. The molecule has 0 saturated heterocycles. The van der Waals surface area contributed by atoms with Crippen LogP contribution in [-0.4, -0.2) is 38.6 Å². The summed E-state index contributed by atoms with van der Waals surface area (Å²) in [4.78, 5) is 35.8. The molecule has 10 heteroatoms. The summed E-state index contributed by atoms with van der Waals surface area (Å²) in [6, 6.07) is 8.75. The molecule has 0 radical (unpaired) electrons. The summed E-state index contributed by atoms with van der Waals surface area (Å²) in [5, 5.41) is 0.430. The number of benzene rings is 2. The van der Waals surface area contributed by atoms with Crippen LogP contribution < -0.4 is 20.3 Å². The molecule has 0 aliphatic heterocycles. The zero-order chi connectivity index (χ0) is 20.7. The topological polar surface area (TPSA) is 103 Å². The second-order valence-electron chi connectivity index (χ2n) is 5.27. The van der Waals surface area contributed by atoms with Gasteiger partial charge >= 0.3 is 5.97 Å². The van der Waals surface area contributed by atoms with E-state index in [-0.39, 0.29) is 16.1 Å². The highest BCUT2D eigenvalue weighted by Crippen LogP contribution is 2.27. The van der Waals surface area contributed by atoms with Crippen LogP contribution in [0, 0.1) is 0 Å². The Labute approximate surface area is 170 Å².